The van der Waals surface area contributed by atoms with E-state index in [9.17, 15) is 22.4 Å². The summed E-state index contributed by atoms with van der Waals surface area (Å²) in [6.07, 6.45) is -4.66. The average molecular weight is 463 g/mol. The van der Waals surface area contributed by atoms with Gasteiger partial charge in [-0.25, -0.2) is 9.18 Å². The Bertz CT molecular complexity index is 1180. The Balaban J connectivity index is 1.48. The molecule has 0 radical (unpaired) electrons. The van der Waals surface area contributed by atoms with E-state index >= 15 is 0 Å². The molecule has 0 unspecified atom stereocenters. The van der Waals surface area contributed by atoms with Crippen LogP contribution in [-0.4, -0.2) is 25.6 Å². The second-order valence-electron chi connectivity index (χ2n) is 6.97. The maximum atomic E-state index is 13.9. The van der Waals surface area contributed by atoms with Crippen LogP contribution < -0.4 is 20.4 Å². The van der Waals surface area contributed by atoms with E-state index in [1.165, 1.54) is 18.4 Å². The van der Waals surface area contributed by atoms with Gasteiger partial charge in [0, 0.05) is 18.4 Å². The molecule has 2 aromatic carbocycles. The van der Waals surface area contributed by atoms with E-state index in [4.69, 9.17) is 5.41 Å². The molecule has 4 rings (SSSR count). The van der Waals surface area contributed by atoms with Crippen molar-refractivity contribution in [3.8, 4) is 0 Å². The van der Waals surface area contributed by atoms with Gasteiger partial charge in [-0.15, -0.1) is 11.3 Å². The fourth-order valence-electron chi connectivity index (χ4n) is 3.20. The van der Waals surface area contributed by atoms with Crippen LogP contribution in [-0.2, 0) is 6.18 Å². The standard InChI is InChI=1S/C21H17F4N5OS/c1-29(20(31)28-17-10-12(21(23,24)25)2-7-16(17)22)13-3-5-14(6-4-13)30-11-27-19-15(18(30)26)8-9-32-19/h2-10,26-27H,11H2,1H3,(H,28,31). The molecule has 0 saturated heterocycles. The topological polar surface area (TPSA) is 71.5 Å². The molecule has 0 atom stereocenters. The maximum Gasteiger partial charge on any atom is 0.416 e. The summed E-state index contributed by atoms with van der Waals surface area (Å²) >= 11 is 1.52. The number of amides is 2. The van der Waals surface area contributed by atoms with E-state index in [1.807, 2.05) is 11.4 Å². The van der Waals surface area contributed by atoms with Gasteiger partial charge in [0.2, 0.25) is 0 Å². The number of thiophene rings is 1. The lowest BCUT2D eigenvalue weighted by molar-refractivity contribution is -0.137. The van der Waals surface area contributed by atoms with Crippen molar-refractivity contribution >= 4 is 45.3 Å². The van der Waals surface area contributed by atoms with E-state index < -0.39 is 29.3 Å². The van der Waals surface area contributed by atoms with Crippen LogP contribution in [0.4, 0.5) is 44.4 Å². The Morgan fingerprint density at radius 2 is 1.91 bits per heavy atom. The minimum atomic E-state index is -4.66. The van der Waals surface area contributed by atoms with Crippen LogP contribution >= 0.6 is 11.3 Å². The first-order valence-electron chi connectivity index (χ1n) is 9.34. The number of amidine groups is 1. The molecule has 3 N–H and O–H groups in total. The van der Waals surface area contributed by atoms with Crippen molar-refractivity contribution in [2.24, 2.45) is 0 Å². The predicted molar refractivity (Wildman–Crippen MR) is 117 cm³/mol. The van der Waals surface area contributed by atoms with E-state index in [1.54, 1.807) is 29.2 Å². The number of halogens is 4. The third kappa shape index (κ3) is 4.11. The number of hydrogen-bond acceptors (Lipinski definition) is 4. The van der Waals surface area contributed by atoms with Crippen molar-refractivity contribution in [3.63, 3.8) is 0 Å². The van der Waals surface area contributed by atoms with Gasteiger partial charge >= 0.3 is 12.2 Å². The molecule has 2 amide bonds. The first-order valence-corrected chi connectivity index (χ1v) is 10.2. The van der Waals surface area contributed by atoms with Gasteiger partial charge in [0.25, 0.3) is 0 Å². The molecule has 6 nitrogen and oxygen atoms in total. The SMILES string of the molecule is CN(C(=O)Nc1cc(C(F)(F)F)ccc1F)c1ccc(N2CNc3sccc3C2=N)cc1. The molecule has 1 aliphatic heterocycles. The zero-order chi connectivity index (χ0) is 23.0. The summed E-state index contributed by atoms with van der Waals surface area (Å²) < 4.78 is 52.6. The van der Waals surface area contributed by atoms with Crippen LogP contribution in [0.3, 0.4) is 0 Å². The molecule has 0 bridgehead atoms. The van der Waals surface area contributed by atoms with Gasteiger partial charge in [-0.2, -0.15) is 13.2 Å². The third-order valence-corrected chi connectivity index (χ3v) is 5.85. The summed E-state index contributed by atoms with van der Waals surface area (Å²) in [6.45, 7) is 0.414. The maximum absolute atomic E-state index is 13.9. The average Bonchev–Trinajstić information content (AvgIpc) is 3.24. The molecular weight excluding hydrogens is 446 g/mol. The van der Waals surface area contributed by atoms with Crippen LogP contribution in [0, 0.1) is 11.2 Å². The van der Waals surface area contributed by atoms with E-state index in [-0.39, 0.29) is 0 Å². The zero-order valence-electron chi connectivity index (χ0n) is 16.6. The van der Waals surface area contributed by atoms with Crippen LogP contribution in [0.5, 0.6) is 0 Å². The molecule has 0 aliphatic carbocycles. The van der Waals surface area contributed by atoms with Crippen LogP contribution in [0.15, 0.2) is 53.9 Å². The van der Waals surface area contributed by atoms with Gasteiger partial charge in [-0.1, -0.05) is 0 Å². The zero-order valence-corrected chi connectivity index (χ0v) is 17.4. The Labute approximate surface area is 184 Å². The van der Waals surface area contributed by atoms with Crippen molar-refractivity contribution < 1.29 is 22.4 Å². The number of carbonyl (C=O) groups is 1. The van der Waals surface area contributed by atoms with Crippen molar-refractivity contribution in [1.82, 2.24) is 0 Å². The second kappa shape index (κ2) is 8.15. The Morgan fingerprint density at radius 1 is 1.19 bits per heavy atom. The Hall–Kier alpha value is -3.60. The van der Waals surface area contributed by atoms with Crippen molar-refractivity contribution in [3.05, 3.63) is 70.9 Å². The highest BCUT2D eigenvalue weighted by atomic mass is 32.1. The summed E-state index contributed by atoms with van der Waals surface area (Å²) in [6, 6.07) is 9.59. The lowest BCUT2D eigenvalue weighted by Gasteiger charge is -2.30. The molecule has 11 heteroatoms. The molecular formula is C21H17F4N5OS. The lowest BCUT2D eigenvalue weighted by Crippen LogP contribution is -2.39. The van der Waals surface area contributed by atoms with Gasteiger partial charge < -0.3 is 15.5 Å². The molecule has 32 heavy (non-hydrogen) atoms. The largest absolute Gasteiger partial charge is 0.416 e. The summed E-state index contributed by atoms with van der Waals surface area (Å²) in [5.74, 6) is -0.627. The van der Waals surface area contributed by atoms with Gasteiger partial charge in [0.15, 0.2) is 0 Å². The molecule has 2 heterocycles. The third-order valence-electron chi connectivity index (χ3n) is 4.98. The van der Waals surface area contributed by atoms with Crippen LogP contribution in [0.1, 0.15) is 11.1 Å². The van der Waals surface area contributed by atoms with Gasteiger partial charge in [-0.3, -0.25) is 10.3 Å². The number of fused-ring (bicyclic) bond motifs is 1. The van der Waals surface area contributed by atoms with E-state index in [0.29, 0.717) is 36.4 Å². The van der Waals surface area contributed by atoms with Gasteiger partial charge in [0.1, 0.15) is 16.7 Å². The minimum Gasteiger partial charge on any atom is -0.359 e. The van der Waals surface area contributed by atoms with Crippen molar-refractivity contribution in [1.29, 1.82) is 5.41 Å². The lowest BCUT2D eigenvalue weighted by atomic mass is 10.2. The number of anilines is 4. The predicted octanol–water partition coefficient (Wildman–Crippen LogP) is 5.79. The van der Waals surface area contributed by atoms with E-state index in [2.05, 4.69) is 10.6 Å². The molecule has 0 fully saturated rings. The number of hydrogen-bond donors (Lipinski definition) is 3. The molecule has 166 valence electrons. The molecule has 0 saturated carbocycles. The van der Waals surface area contributed by atoms with Crippen molar-refractivity contribution in [2.75, 3.05) is 34.1 Å². The van der Waals surface area contributed by atoms with E-state index in [0.717, 1.165) is 21.2 Å². The number of nitrogens with zero attached hydrogens (tertiary/aromatic N) is 2. The number of benzene rings is 2. The van der Waals surface area contributed by atoms with Crippen LogP contribution in [0.25, 0.3) is 0 Å². The normalized spacial score (nSPS) is 13.4. The van der Waals surface area contributed by atoms with Gasteiger partial charge in [0.05, 0.1) is 23.5 Å². The minimum absolute atomic E-state index is 0.346. The molecule has 3 aromatic rings. The highest BCUT2D eigenvalue weighted by Gasteiger charge is 2.31. The number of carbonyl (C=O) groups excluding carboxylic acids is 1. The van der Waals surface area contributed by atoms with Crippen molar-refractivity contribution in [2.45, 2.75) is 6.18 Å². The number of rotatable bonds is 3. The molecule has 1 aromatic heterocycles. The molecule has 0 spiro atoms. The quantitative estimate of drug-likeness (QED) is 0.431. The smallest absolute Gasteiger partial charge is 0.359 e. The summed E-state index contributed by atoms with van der Waals surface area (Å²) in [5.41, 5.74) is 0.331. The van der Waals surface area contributed by atoms with Crippen LogP contribution in [0.2, 0.25) is 0 Å². The second-order valence-corrected chi connectivity index (χ2v) is 7.89. The Kier molecular flexibility index (Phi) is 5.51. The first kappa shape index (κ1) is 21.6. The number of nitrogens with one attached hydrogen (secondary N) is 3. The number of urea groups is 1. The fraction of sp³-hybridized carbons (Fsp3) is 0.143. The highest BCUT2D eigenvalue weighted by Crippen LogP contribution is 2.33. The first-order chi connectivity index (χ1) is 15.1. The summed E-state index contributed by atoms with van der Waals surface area (Å²) in [5, 5.41) is 16.6. The highest BCUT2D eigenvalue weighted by molar-refractivity contribution is 7.14. The van der Waals surface area contributed by atoms with Gasteiger partial charge in [-0.05, 0) is 53.9 Å². The fourth-order valence-corrected chi connectivity index (χ4v) is 3.98. The summed E-state index contributed by atoms with van der Waals surface area (Å²) in [7, 11) is 1.41. The molecule has 1 aliphatic rings. The Morgan fingerprint density at radius 3 is 2.59 bits per heavy atom. The number of alkyl halides is 3. The summed E-state index contributed by atoms with van der Waals surface area (Å²) in [4.78, 5) is 15.4. The monoisotopic (exact) mass is 463 g/mol.